The number of benzene rings is 1. The summed E-state index contributed by atoms with van der Waals surface area (Å²) in [5.41, 5.74) is 0.974. The summed E-state index contributed by atoms with van der Waals surface area (Å²) in [5.74, 6) is -0.205. The van der Waals surface area contributed by atoms with E-state index in [0.29, 0.717) is 13.0 Å². The van der Waals surface area contributed by atoms with Crippen LogP contribution in [-0.2, 0) is 9.53 Å². The Balaban J connectivity index is 1.92. The lowest BCUT2D eigenvalue weighted by molar-refractivity contribution is -0.134. The monoisotopic (exact) mass is 228 g/mol. The Morgan fingerprint density at radius 1 is 1.35 bits per heavy atom. The van der Waals surface area contributed by atoms with Crippen LogP contribution in [0.1, 0.15) is 18.2 Å². The highest BCUT2D eigenvalue weighted by molar-refractivity contribution is 5.80. The van der Waals surface area contributed by atoms with Crippen molar-refractivity contribution in [2.75, 3.05) is 6.61 Å². The van der Waals surface area contributed by atoms with Crippen LogP contribution in [0.25, 0.3) is 0 Å². The van der Waals surface area contributed by atoms with Crippen LogP contribution in [0.3, 0.4) is 0 Å². The average Bonchev–Trinajstić information content (AvgIpc) is 2.92. The Labute approximate surface area is 99.4 Å². The molecule has 2 saturated heterocycles. The van der Waals surface area contributed by atoms with E-state index in [1.54, 1.807) is 4.90 Å². The first-order chi connectivity index (χ1) is 8.31. The van der Waals surface area contributed by atoms with Gasteiger partial charge >= 0.3 is 0 Å². The van der Waals surface area contributed by atoms with Crippen LogP contribution in [0.2, 0.25) is 0 Å². The fourth-order valence-corrected chi connectivity index (χ4v) is 2.59. The Morgan fingerprint density at radius 3 is 2.82 bits per heavy atom. The van der Waals surface area contributed by atoms with Gasteiger partial charge in [0.05, 0.1) is 24.6 Å². The average molecular weight is 228 g/mol. The Morgan fingerprint density at radius 2 is 2.12 bits per heavy atom. The first kappa shape index (κ1) is 10.3. The number of carbonyl (C=O) groups excluding carboxylic acids is 1. The molecule has 2 heterocycles. The highest BCUT2D eigenvalue weighted by atomic mass is 16.5. The van der Waals surface area contributed by atoms with E-state index in [2.05, 4.69) is 6.07 Å². The summed E-state index contributed by atoms with van der Waals surface area (Å²) in [6.07, 6.45) is 0.0143. The molecule has 0 saturated carbocycles. The fourth-order valence-electron chi connectivity index (χ4n) is 2.59. The fraction of sp³-hybridized carbons (Fsp3) is 0.385. The number of fused-ring (bicyclic) bond motifs is 1. The summed E-state index contributed by atoms with van der Waals surface area (Å²) in [6.45, 7) is 0.462. The summed E-state index contributed by atoms with van der Waals surface area (Å²) < 4.78 is 5.66. The van der Waals surface area contributed by atoms with Crippen LogP contribution in [-0.4, -0.2) is 23.5 Å². The van der Waals surface area contributed by atoms with E-state index >= 15 is 0 Å². The lowest BCUT2D eigenvalue weighted by Crippen LogP contribution is -2.32. The molecule has 4 nitrogen and oxygen atoms in total. The van der Waals surface area contributed by atoms with Crippen LogP contribution in [0.5, 0.6) is 0 Å². The van der Waals surface area contributed by atoms with Crippen molar-refractivity contribution >= 4 is 5.91 Å². The molecule has 0 bridgehead atoms. The van der Waals surface area contributed by atoms with Gasteiger partial charge < -0.3 is 9.64 Å². The van der Waals surface area contributed by atoms with Crippen LogP contribution < -0.4 is 0 Å². The zero-order valence-corrected chi connectivity index (χ0v) is 9.24. The van der Waals surface area contributed by atoms with Crippen LogP contribution >= 0.6 is 0 Å². The normalized spacial score (nSPS) is 31.4. The van der Waals surface area contributed by atoms with Gasteiger partial charge in [-0.3, -0.25) is 4.79 Å². The summed E-state index contributed by atoms with van der Waals surface area (Å²) in [6, 6.07) is 11.8. The van der Waals surface area contributed by atoms with Gasteiger partial charge in [0.2, 0.25) is 5.91 Å². The third kappa shape index (κ3) is 1.51. The van der Waals surface area contributed by atoms with E-state index in [1.165, 1.54) is 0 Å². The van der Waals surface area contributed by atoms with Crippen LogP contribution in [0.4, 0.5) is 0 Å². The number of nitriles is 1. The van der Waals surface area contributed by atoms with Gasteiger partial charge in [-0.05, 0) is 0 Å². The third-order valence-corrected chi connectivity index (χ3v) is 3.43. The molecule has 0 spiro atoms. The van der Waals surface area contributed by atoms with Crippen LogP contribution in [0, 0.1) is 17.2 Å². The smallest absolute Gasteiger partial charge is 0.226 e. The maximum Gasteiger partial charge on any atom is 0.226 e. The molecule has 0 N–H and O–H groups in total. The highest BCUT2D eigenvalue weighted by Crippen LogP contribution is 2.39. The number of carbonyl (C=O) groups is 1. The molecule has 4 heteroatoms. The highest BCUT2D eigenvalue weighted by Gasteiger charge is 2.48. The number of hydrogen-bond donors (Lipinski definition) is 0. The van der Waals surface area contributed by atoms with E-state index < -0.39 is 0 Å². The predicted octanol–water partition coefficient (Wildman–Crippen LogP) is 1.46. The second-order valence-corrected chi connectivity index (χ2v) is 4.40. The molecule has 17 heavy (non-hydrogen) atoms. The lowest BCUT2D eigenvalue weighted by Gasteiger charge is -2.22. The molecule has 0 aromatic heterocycles. The summed E-state index contributed by atoms with van der Waals surface area (Å²) >= 11 is 0. The van der Waals surface area contributed by atoms with Gasteiger partial charge in [-0.2, -0.15) is 5.26 Å². The predicted molar refractivity (Wildman–Crippen MR) is 59.5 cm³/mol. The van der Waals surface area contributed by atoms with E-state index in [0.717, 1.165) is 5.56 Å². The van der Waals surface area contributed by atoms with Crippen molar-refractivity contribution in [3.8, 4) is 6.07 Å². The molecule has 1 aromatic rings. The van der Waals surface area contributed by atoms with E-state index in [-0.39, 0.29) is 24.1 Å². The van der Waals surface area contributed by atoms with Gasteiger partial charge in [-0.15, -0.1) is 0 Å². The van der Waals surface area contributed by atoms with Crippen molar-refractivity contribution in [3.05, 3.63) is 35.9 Å². The van der Waals surface area contributed by atoms with Crippen molar-refractivity contribution in [1.82, 2.24) is 4.90 Å². The molecule has 0 radical (unpaired) electrons. The number of rotatable bonds is 1. The largest absolute Gasteiger partial charge is 0.352 e. The van der Waals surface area contributed by atoms with Crippen molar-refractivity contribution in [3.63, 3.8) is 0 Å². The Hall–Kier alpha value is -1.86. The molecule has 0 unspecified atom stereocenters. The van der Waals surface area contributed by atoms with E-state index in [4.69, 9.17) is 10.00 Å². The zero-order chi connectivity index (χ0) is 11.8. The number of ether oxygens (including phenoxy) is 1. The molecule has 3 atom stereocenters. The maximum atomic E-state index is 11.9. The van der Waals surface area contributed by atoms with Crippen molar-refractivity contribution in [1.29, 1.82) is 5.26 Å². The van der Waals surface area contributed by atoms with Crippen molar-refractivity contribution in [2.45, 2.75) is 18.7 Å². The van der Waals surface area contributed by atoms with Crippen LogP contribution in [0.15, 0.2) is 30.3 Å². The molecule has 1 amide bonds. The quantitative estimate of drug-likeness (QED) is 0.731. The third-order valence-electron chi connectivity index (χ3n) is 3.43. The summed E-state index contributed by atoms with van der Waals surface area (Å²) in [5, 5.41) is 9.00. The topological polar surface area (TPSA) is 53.3 Å². The van der Waals surface area contributed by atoms with Gasteiger partial charge in [0.1, 0.15) is 0 Å². The molecule has 86 valence electrons. The van der Waals surface area contributed by atoms with Crippen molar-refractivity contribution < 1.29 is 9.53 Å². The van der Waals surface area contributed by atoms with Gasteiger partial charge in [0, 0.05) is 12.0 Å². The molecule has 0 aliphatic carbocycles. The lowest BCUT2D eigenvalue weighted by atomic mass is 10.0. The molecule has 2 aliphatic heterocycles. The van der Waals surface area contributed by atoms with E-state index in [1.807, 2.05) is 30.3 Å². The maximum absolute atomic E-state index is 11.9. The minimum absolute atomic E-state index is 0.0212. The number of amides is 1. The number of hydrogen-bond acceptors (Lipinski definition) is 3. The zero-order valence-electron chi connectivity index (χ0n) is 9.24. The SMILES string of the molecule is N#C[C@H]1CC(=O)N2[C@@H](c3ccccc3)OC[C@H]12. The molecule has 2 fully saturated rings. The standard InChI is InChI=1S/C13H12N2O2/c14-7-10-6-12(16)15-11(10)8-17-13(15)9-4-2-1-3-5-9/h1-5,10-11,13H,6,8H2/t10-,11-,13-/m1/s1. The summed E-state index contributed by atoms with van der Waals surface area (Å²) in [4.78, 5) is 13.6. The van der Waals surface area contributed by atoms with Gasteiger partial charge in [-0.25, -0.2) is 0 Å². The molecule has 1 aromatic carbocycles. The van der Waals surface area contributed by atoms with Crippen molar-refractivity contribution in [2.24, 2.45) is 5.92 Å². The molecule has 3 rings (SSSR count). The first-order valence-corrected chi connectivity index (χ1v) is 5.68. The summed E-state index contributed by atoms with van der Waals surface area (Å²) in [7, 11) is 0. The Kier molecular flexibility index (Phi) is 2.34. The Bertz CT molecular complexity index is 480. The van der Waals surface area contributed by atoms with Gasteiger partial charge in [-0.1, -0.05) is 30.3 Å². The second kappa shape index (κ2) is 3.86. The minimum atomic E-state index is -0.313. The number of nitrogens with zero attached hydrogens (tertiary/aromatic N) is 2. The van der Waals surface area contributed by atoms with Gasteiger partial charge in [0.15, 0.2) is 6.23 Å². The molecule has 2 aliphatic rings. The minimum Gasteiger partial charge on any atom is -0.352 e. The molecular weight excluding hydrogens is 216 g/mol. The first-order valence-electron chi connectivity index (χ1n) is 5.68. The molecular formula is C13H12N2O2. The second-order valence-electron chi connectivity index (χ2n) is 4.40. The van der Waals surface area contributed by atoms with E-state index in [9.17, 15) is 4.79 Å². The van der Waals surface area contributed by atoms with Gasteiger partial charge in [0.25, 0.3) is 0 Å².